The Morgan fingerprint density at radius 2 is 1.83 bits per heavy atom. The van der Waals surface area contributed by atoms with Crippen LogP contribution in [0.3, 0.4) is 0 Å². The average molecular weight is 174 g/mol. The lowest BCUT2D eigenvalue weighted by atomic mass is 9.88. The first-order chi connectivity index (χ1) is 5.58. The van der Waals surface area contributed by atoms with E-state index in [1.165, 1.54) is 0 Å². The average Bonchev–Trinajstić information content (AvgIpc) is 2.05. The van der Waals surface area contributed by atoms with E-state index in [0.717, 1.165) is 25.7 Å². The van der Waals surface area contributed by atoms with E-state index in [0.29, 0.717) is 6.42 Å². The summed E-state index contributed by atoms with van der Waals surface area (Å²) in [4.78, 5) is 0. The third-order valence-electron chi connectivity index (χ3n) is 2.46. The second-order valence-corrected chi connectivity index (χ2v) is 3.59. The third kappa shape index (κ3) is 4.07. The summed E-state index contributed by atoms with van der Waals surface area (Å²) in [7, 11) is 0. The molecular weight excluding hydrogens is 152 g/mol. The second-order valence-electron chi connectivity index (χ2n) is 3.59. The standard InChI is InChI=1S/C10H22O2/c1-4-7-10(12,6-3)8-9(11)5-2/h9,11-12H,4-8H2,1-3H3. The number of hydrogen-bond acceptors (Lipinski definition) is 2. The van der Waals surface area contributed by atoms with Crippen LogP contribution in [0.4, 0.5) is 0 Å². The molecule has 2 N–H and O–H groups in total. The fourth-order valence-electron chi connectivity index (χ4n) is 1.47. The van der Waals surface area contributed by atoms with Crippen LogP contribution in [0.15, 0.2) is 0 Å². The zero-order valence-corrected chi connectivity index (χ0v) is 8.51. The molecule has 0 heterocycles. The Labute approximate surface area is 75.6 Å². The molecule has 0 aliphatic heterocycles. The number of hydrogen-bond donors (Lipinski definition) is 2. The van der Waals surface area contributed by atoms with Crippen LogP contribution >= 0.6 is 0 Å². The smallest absolute Gasteiger partial charge is 0.0669 e. The van der Waals surface area contributed by atoms with E-state index in [-0.39, 0.29) is 6.10 Å². The molecule has 2 heteroatoms. The van der Waals surface area contributed by atoms with Gasteiger partial charge in [0.05, 0.1) is 11.7 Å². The van der Waals surface area contributed by atoms with Gasteiger partial charge in [-0.25, -0.2) is 0 Å². The van der Waals surface area contributed by atoms with Crippen molar-refractivity contribution in [2.75, 3.05) is 0 Å². The molecule has 0 radical (unpaired) electrons. The van der Waals surface area contributed by atoms with Crippen LogP contribution in [0.25, 0.3) is 0 Å². The van der Waals surface area contributed by atoms with Gasteiger partial charge in [-0.1, -0.05) is 27.2 Å². The highest BCUT2D eigenvalue weighted by Crippen LogP contribution is 2.23. The van der Waals surface area contributed by atoms with Crippen molar-refractivity contribution in [2.24, 2.45) is 0 Å². The molecule has 2 unspecified atom stereocenters. The third-order valence-corrected chi connectivity index (χ3v) is 2.46. The van der Waals surface area contributed by atoms with Crippen molar-refractivity contribution in [3.8, 4) is 0 Å². The first-order valence-electron chi connectivity index (χ1n) is 4.98. The molecule has 0 bridgehead atoms. The maximum atomic E-state index is 9.96. The minimum absolute atomic E-state index is 0.346. The highest BCUT2D eigenvalue weighted by atomic mass is 16.3. The Morgan fingerprint density at radius 3 is 2.17 bits per heavy atom. The lowest BCUT2D eigenvalue weighted by Crippen LogP contribution is -2.32. The van der Waals surface area contributed by atoms with Crippen molar-refractivity contribution < 1.29 is 10.2 Å². The van der Waals surface area contributed by atoms with Gasteiger partial charge in [0, 0.05) is 6.42 Å². The van der Waals surface area contributed by atoms with Crippen LogP contribution in [-0.4, -0.2) is 21.9 Å². The Morgan fingerprint density at radius 1 is 1.25 bits per heavy atom. The van der Waals surface area contributed by atoms with Gasteiger partial charge >= 0.3 is 0 Å². The van der Waals surface area contributed by atoms with Gasteiger partial charge in [-0.3, -0.25) is 0 Å². The monoisotopic (exact) mass is 174 g/mol. The van der Waals surface area contributed by atoms with Gasteiger partial charge in [0.1, 0.15) is 0 Å². The molecule has 0 aromatic rings. The molecule has 12 heavy (non-hydrogen) atoms. The van der Waals surface area contributed by atoms with Crippen molar-refractivity contribution in [2.45, 2.75) is 64.6 Å². The summed E-state index contributed by atoms with van der Waals surface area (Å²) in [6.45, 7) is 5.96. The van der Waals surface area contributed by atoms with E-state index in [2.05, 4.69) is 6.92 Å². The molecule has 0 amide bonds. The fraction of sp³-hybridized carbons (Fsp3) is 1.00. The van der Waals surface area contributed by atoms with E-state index in [4.69, 9.17) is 0 Å². The van der Waals surface area contributed by atoms with Crippen LogP contribution in [0.5, 0.6) is 0 Å². The van der Waals surface area contributed by atoms with E-state index in [1.54, 1.807) is 0 Å². The first-order valence-corrected chi connectivity index (χ1v) is 4.98. The Balaban J connectivity index is 3.94. The molecule has 74 valence electrons. The minimum atomic E-state index is -0.635. The van der Waals surface area contributed by atoms with Crippen LogP contribution in [-0.2, 0) is 0 Å². The molecular formula is C10H22O2. The number of rotatable bonds is 6. The summed E-state index contributed by atoms with van der Waals surface area (Å²) in [5.74, 6) is 0. The Kier molecular flexibility index (Phi) is 5.51. The molecule has 2 atom stereocenters. The van der Waals surface area contributed by atoms with Gasteiger partial charge in [0.2, 0.25) is 0 Å². The molecule has 0 aromatic carbocycles. The van der Waals surface area contributed by atoms with Crippen LogP contribution < -0.4 is 0 Å². The summed E-state index contributed by atoms with van der Waals surface area (Å²) >= 11 is 0. The van der Waals surface area contributed by atoms with Crippen molar-refractivity contribution in [3.63, 3.8) is 0 Å². The lowest BCUT2D eigenvalue weighted by molar-refractivity contribution is -0.0214. The molecule has 0 aromatic heterocycles. The molecule has 0 rings (SSSR count). The van der Waals surface area contributed by atoms with E-state index >= 15 is 0 Å². The SMILES string of the molecule is CCCC(O)(CC)CC(O)CC. The topological polar surface area (TPSA) is 40.5 Å². The van der Waals surface area contributed by atoms with Crippen molar-refractivity contribution in [1.29, 1.82) is 0 Å². The fourth-order valence-corrected chi connectivity index (χ4v) is 1.47. The minimum Gasteiger partial charge on any atom is -0.393 e. The van der Waals surface area contributed by atoms with Crippen LogP contribution in [0.1, 0.15) is 52.9 Å². The molecule has 0 saturated carbocycles. The zero-order valence-electron chi connectivity index (χ0n) is 8.51. The van der Waals surface area contributed by atoms with Gasteiger partial charge < -0.3 is 10.2 Å². The molecule has 2 nitrogen and oxygen atoms in total. The Bertz CT molecular complexity index is 114. The zero-order chi connectivity index (χ0) is 9.61. The normalized spacial score (nSPS) is 18.8. The lowest BCUT2D eigenvalue weighted by Gasteiger charge is -2.28. The number of aliphatic hydroxyl groups excluding tert-OH is 1. The number of aliphatic hydroxyl groups is 2. The maximum absolute atomic E-state index is 9.96. The molecule has 0 aliphatic rings. The van der Waals surface area contributed by atoms with E-state index < -0.39 is 5.60 Å². The molecule has 0 spiro atoms. The summed E-state index contributed by atoms with van der Waals surface area (Å²) < 4.78 is 0. The molecule has 0 saturated heterocycles. The maximum Gasteiger partial charge on any atom is 0.0669 e. The predicted molar refractivity (Wildman–Crippen MR) is 51.1 cm³/mol. The van der Waals surface area contributed by atoms with Crippen molar-refractivity contribution in [3.05, 3.63) is 0 Å². The largest absolute Gasteiger partial charge is 0.393 e. The van der Waals surface area contributed by atoms with Crippen molar-refractivity contribution >= 4 is 0 Å². The Hall–Kier alpha value is -0.0800. The summed E-state index contributed by atoms with van der Waals surface area (Å²) in [5.41, 5.74) is -0.635. The molecule has 0 fully saturated rings. The predicted octanol–water partition coefficient (Wildman–Crippen LogP) is 2.09. The second kappa shape index (κ2) is 5.55. The molecule has 0 aliphatic carbocycles. The summed E-state index contributed by atoms with van der Waals surface area (Å²) in [6.07, 6.45) is 3.40. The van der Waals surface area contributed by atoms with Gasteiger partial charge in [-0.15, -0.1) is 0 Å². The van der Waals surface area contributed by atoms with Gasteiger partial charge in [-0.2, -0.15) is 0 Å². The van der Waals surface area contributed by atoms with Gasteiger partial charge in [-0.05, 0) is 19.3 Å². The van der Waals surface area contributed by atoms with Crippen LogP contribution in [0.2, 0.25) is 0 Å². The quantitative estimate of drug-likeness (QED) is 0.647. The van der Waals surface area contributed by atoms with Crippen LogP contribution in [0, 0.1) is 0 Å². The van der Waals surface area contributed by atoms with Gasteiger partial charge in [0.25, 0.3) is 0 Å². The first kappa shape index (κ1) is 11.9. The summed E-state index contributed by atoms with van der Waals surface area (Å²) in [5, 5.41) is 19.4. The van der Waals surface area contributed by atoms with E-state index in [1.807, 2.05) is 13.8 Å². The van der Waals surface area contributed by atoms with Crippen molar-refractivity contribution in [1.82, 2.24) is 0 Å². The highest BCUT2D eigenvalue weighted by molar-refractivity contribution is 4.79. The highest BCUT2D eigenvalue weighted by Gasteiger charge is 2.25. The summed E-state index contributed by atoms with van der Waals surface area (Å²) in [6, 6.07) is 0. The van der Waals surface area contributed by atoms with Gasteiger partial charge in [0.15, 0.2) is 0 Å². The van der Waals surface area contributed by atoms with E-state index in [9.17, 15) is 10.2 Å².